The van der Waals surface area contributed by atoms with Crippen LogP contribution in [0.4, 0.5) is 11.5 Å². The third-order valence-corrected chi connectivity index (χ3v) is 4.88. The van der Waals surface area contributed by atoms with Gasteiger partial charge in [-0.05, 0) is 48.4 Å². The largest absolute Gasteiger partial charge is 0.339 e. The Morgan fingerprint density at radius 3 is 2.87 bits per heavy atom. The summed E-state index contributed by atoms with van der Waals surface area (Å²) in [7, 11) is 0. The Morgan fingerprint density at radius 1 is 1.30 bits per heavy atom. The molecule has 0 fully saturated rings. The molecule has 0 spiro atoms. The molecule has 0 saturated heterocycles. The fraction of sp³-hybridized carbons (Fsp3) is 0.333. The Kier molecular flexibility index (Phi) is 4.75. The molecule has 3 rings (SSSR count). The summed E-state index contributed by atoms with van der Waals surface area (Å²) in [6, 6.07) is 8.35. The van der Waals surface area contributed by atoms with E-state index in [-0.39, 0.29) is 5.15 Å². The second kappa shape index (κ2) is 6.78. The van der Waals surface area contributed by atoms with Crippen molar-refractivity contribution in [3.05, 3.63) is 50.6 Å². The van der Waals surface area contributed by atoms with Crippen molar-refractivity contribution in [2.45, 2.75) is 39.0 Å². The lowest BCUT2D eigenvalue weighted by molar-refractivity contribution is 0.911. The van der Waals surface area contributed by atoms with Gasteiger partial charge in [-0.15, -0.1) is 0 Å². The predicted molar refractivity (Wildman–Crippen MR) is 94.7 cm³/mol. The van der Waals surface area contributed by atoms with Gasteiger partial charge in [0, 0.05) is 5.69 Å². The smallest absolute Gasteiger partial charge is 0.151 e. The van der Waals surface area contributed by atoms with Crippen LogP contribution in [0.3, 0.4) is 0 Å². The Morgan fingerprint density at radius 2 is 2.13 bits per heavy atom. The van der Waals surface area contributed by atoms with Crippen LogP contribution in [0.1, 0.15) is 42.0 Å². The number of nitriles is 1. The third kappa shape index (κ3) is 3.02. The van der Waals surface area contributed by atoms with Crippen LogP contribution < -0.4 is 5.32 Å². The van der Waals surface area contributed by atoms with Crippen molar-refractivity contribution in [2.75, 3.05) is 5.32 Å². The van der Waals surface area contributed by atoms with Gasteiger partial charge in [-0.2, -0.15) is 5.26 Å². The molecule has 0 amide bonds. The highest BCUT2D eigenvalue weighted by atomic mass is 35.5. The maximum Gasteiger partial charge on any atom is 0.151 e. The van der Waals surface area contributed by atoms with Crippen molar-refractivity contribution in [1.29, 1.82) is 5.26 Å². The maximum atomic E-state index is 9.30. The van der Waals surface area contributed by atoms with Crippen molar-refractivity contribution < 1.29 is 0 Å². The second-order valence-electron chi connectivity index (χ2n) is 5.70. The average molecular weight is 346 g/mol. The number of fused-ring (bicyclic) bond motifs is 1. The second-order valence-corrected chi connectivity index (χ2v) is 6.44. The van der Waals surface area contributed by atoms with Crippen molar-refractivity contribution in [1.82, 2.24) is 4.98 Å². The maximum absolute atomic E-state index is 9.30. The Balaban J connectivity index is 2.05. The van der Waals surface area contributed by atoms with Crippen LogP contribution in [0.2, 0.25) is 10.2 Å². The molecular formula is C18H17Cl2N3. The lowest BCUT2D eigenvalue weighted by Crippen LogP contribution is -2.03. The molecule has 0 bridgehead atoms. The minimum absolute atomic E-state index is 0.204. The van der Waals surface area contributed by atoms with Crippen molar-refractivity contribution >= 4 is 34.7 Å². The number of hydrogen-bond donors (Lipinski definition) is 1. The summed E-state index contributed by atoms with van der Waals surface area (Å²) < 4.78 is 0. The molecular weight excluding hydrogens is 329 g/mol. The van der Waals surface area contributed by atoms with Crippen LogP contribution in [-0.4, -0.2) is 4.98 Å². The summed E-state index contributed by atoms with van der Waals surface area (Å²) in [5.74, 6) is 0.527. The lowest BCUT2D eigenvalue weighted by Gasteiger charge is -2.15. The van der Waals surface area contributed by atoms with Gasteiger partial charge in [0.15, 0.2) is 5.82 Å². The lowest BCUT2D eigenvalue weighted by atomic mass is 10.1. The number of nitrogens with zero attached hydrogens (tertiary/aromatic N) is 2. The molecule has 1 N–H and O–H groups in total. The van der Waals surface area contributed by atoms with Gasteiger partial charge in [0.05, 0.1) is 10.6 Å². The van der Waals surface area contributed by atoms with E-state index in [1.807, 2.05) is 19.1 Å². The highest BCUT2D eigenvalue weighted by Crippen LogP contribution is 2.36. The monoisotopic (exact) mass is 345 g/mol. The standard InChI is InChI=1S/C18H17Cl2N3/c1-2-5-13-14(10-21)17(20)23-18(16(13)19)22-15-9-4-7-11-6-3-8-12(11)15/h4,7,9H,2-3,5-6,8H2,1H3,(H,22,23). The zero-order chi connectivity index (χ0) is 16.4. The van der Waals surface area contributed by atoms with Crippen LogP contribution in [0.5, 0.6) is 0 Å². The molecule has 2 aromatic rings. The molecule has 118 valence electrons. The van der Waals surface area contributed by atoms with Gasteiger partial charge >= 0.3 is 0 Å². The van der Waals surface area contributed by atoms with E-state index in [0.29, 0.717) is 22.8 Å². The van der Waals surface area contributed by atoms with E-state index in [0.717, 1.165) is 30.5 Å². The van der Waals surface area contributed by atoms with Crippen LogP contribution in [0, 0.1) is 11.3 Å². The fourth-order valence-corrected chi connectivity index (χ4v) is 3.65. The molecule has 0 unspecified atom stereocenters. The average Bonchev–Trinajstić information content (AvgIpc) is 3.02. The number of anilines is 2. The zero-order valence-corrected chi connectivity index (χ0v) is 14.4. The first-order chi connectivity index (χ1) is 11.2. The van der Waals surface area contributed by atoms with Crippen LogP contribution >= 0.6 is 23.2 Å². The van der Waals surface area contributed by atoms with E-state index in [1.54, 1.807) is 0 Å². The minimum Gasteiger partial charge on any atom is -0.339 e. The Hall–Kier alpha value is -1.76. The Labute approximate surface area is 146 Å². The van der Waals surface area contributed by atoms with E-state index in [4.69, 9.17) is 23.2 Å². The van der Waals surface area contributed by atoms with Gasteiger partial charge in [0.1, 0.15) is 11.2 Å². The molecule has 0 radical (unpaired) electrons. The van der Waals surface area contributed by atoms with E-state index in [1.165, 1.54) is 17.5 Å². The normalized spacial score (nSPS) is 12.8. The van der Waals surface area contributed by atoms with Gasteiger partial charge in [0.25, 0.3) is 0 Å². The van der Waals surface area contributed by atoms with Crippen LogP contribution in [-0.2, 0) is 19.3 Å². The Bertz CT molecular complexity index is 794. The first kappa shape index (κ1) is 16.1. The van der Waals surface area contributed by atoms with Crippen LogP contribution in [0.25, 0.3) is 0 Å². The highest BCUT2D eigenvalue weighted by molar-refractivity contribution is 6.35. The number of halogens is 2. The van der Waals surface area contributed by atoms with E-state index in [2.05, 4.69) is 22.4 Å². The predicted octanol–water partition coefficient (Wildman–Crippen LogP) is 5.44. The van der Waals surface area contributed by atoms with Crippen molar-refractivity contribution in [3.63, 3.8) is 0 Å². The quantitative estimate of drug-likeness (QED) is 0.750. The number of benzene rings is 1. The zero-order valence-electron chi connectivity index (χ0n) is 12.9. The first-order valence-corrected chi connectivity index (χ1v) is 8.57. The number of hydrogen-bond acceptors (Lipinski definition) is 3. The van der Waals surface area contributed by atoms with Gasteiger partial charge in [-0.1, -0.05) is 48.7 Å². The summed E-state index contributed by atoms with van der Waals surface area (Å²) in [6.07, 6.45) is 4.92. The summed E-state index contributed by atoms with van der Waals surface area (Å²) in [5, 5.41) is 13.3. The van der Waals surface area contributed by atoms with E-state index < -0.39 is 0 Å². The number of aryl methyl sites for hydroxylation is 1. The summed E-state index contributed by atoms with van der Waals surface area (Å²) in [4.78, 5) is 4.31. The molecule has 23 heavy (non-hydrogen) atoms. The van der Waals surface area contributed by atoms with Crippen molar-refractivity contribution in [3.8, 4) is 6.07 Å². The molecule has 0 atom stereocenters. The molecule has 5 heteroatoms. The molecule has 1 aliphatic carbocycles. The van der Waals surface area contributed by atoms with Crippen molar-refractivity contribution in [2.24, 2.45) is 0 Å². The first-order valence-electron chi connectivity index (χ1n) is 7.81. The van der Waals surface area contributed by atoms with E-state index >= 15 is 0 Å². The topological polar surface area (TPSA) is 48.7 Å². The molecule has 1 aliphatic rings. The molecule has 1 heterocycles. The molecule has 0 aliphatic heterocycles. The molecule has 0 saturated carbocycles. The number of nitrogens with one attached hydrogen (secondary N) is 1. The van der Waals surface area contributed by atoms with Gasteiger partial charge in [-0.3, -0.25) is 0 Å². The highest BCUT2D eigenvalue weighted by Gasteiger charge is 2.19. The molecule has 3 nitrogen and oxygen atoms in total. The summed E-state index contributed by atoms with van der Waals surface area (Å²) in [5.41, 5.74) is 4.87. The number of pyridine rings is 1. The van der Waals surface area contributed by atoms with Gasteiger partial charge < -0.3 is 5.32 Å². The van der Waals surface area contributed by atoms with E-state index in [9.17, 15) is 5.26 Å². The van der Waals surface area contributed by atoms with Gasteiger partial charge in [0.2, 0.25) is 0 Å². The SMILES string of the molecule is CCCc1c(Cl)c(Nc2cccc3c2CCC3)nc(Cl)c1C#N. The summed E-state index contributed by atoms with van der Waals surface area (Å²) in [6.45, 7) is 2.04. The minimum atomic E-state index is 0.204. The summed E-state index contributed by atoms with van der Waals surface area (Å²) >= 11 is 12.7. The number of rotatable bonds is 4. The van der Waals surface area contributed by atoms with Crippen LogP contribution in [0.15, 0.2) is 18.2 Å². The molecule has 1 aromatic heterocycles. The molecule has 1 aromatic carbocycles. The number of aromatic nitrogens is 1. The third-order valence-electron chi connectivity index (χ3n) is 4.20. The van der Waals surface area contributed by atoms with Gasteiger partial charge in [-0.25, -0.2) is 4.98 Å². The fourth-order valence-electron chi connectivity index (χ4n) is 3.13.